The number of nitrogens with zero attached hydrogens (tertiary/aromatic N) is 4. The summed E-state index contributed by atoms with van der Waals surface area (Å²) in [6.07, 6.45) is 17.9. The maximum atomic E-state index is 10.5. The molecule has 2 aliphatic heterocycles. The number of hydrogen-bond donors (Lipinski definition) is 9. The molecule has 2 aliphatic rings. The van der Waals surface area contributed by atoms with Gasteiger partial charge in [0.05, 0.1) is 67.6 Å². The van der Waals surface area contributed by atoms with E-state index >= 15 is 0 Å². The number of aromatic nitrogens is 4. The number of nitrogens with one attached hydrogen (secondary N) is 2. The quantitative estimate of drug-likeness (QED) is 0.0292. The average molecular weight is 1530 g/mol. The number of anilines is 4. The molecule has 4 heterocycles. The van der Waals surface area contributed by atoms with Crippen LogP contribution in [0, 0.1) is 50.2 Å². The standard InChI is InChI=1S/C52H32N6.C12H14N4.C9H7O.C8H9O5S.3Na.2O3S/c1-3-31-8-5-10-37(22-31)47-29-41-24-33(14-18-43(41)53-47)36-17-21-46-50(28-36)58-52(56-46)40-13-7-11-38(26-40)48-30-42-25-34(15-19-44(42)54-48)35-16-20-45-49(27-35)57-51(55-45)39-12-6-9-32(4-2)23-39;13-9-3-1-7(5-11(9)15)8-2-4-10(14)12(16)6-8;1-2-8-4-3-5-9(6-8)7-10;9-5-6-2-1-3-7(4-6)8(10)14(11,12)13;;;;2*1-4(2)3/h1-2,5-28H,29-30H2,(H,55,57)(H,56,58);1-6H,13-16H2;1,3-7,10H;1-5,8-10H,(H,11,12,13);;;;;/q;;2*-1;3*+1;;/p-1. The summed E-state index contributed by atoms with van der Waals surface area (Å²) in [4.78, 5) is 27.0. The Bertz CT molecular complexity index is 6030. The number of aliphatic hydroxyl groups is 3. The van der Waals surface area contributed by atoms with E-state index in [0.717, 1.165) is 160 Å². The molecule has 0 bridgehead atoms. The molecular weight excluding hydrogens is 1470 g/mol. The van der Waals surface area contributed by atoms with Gasteiger partial charge in [0.1, 0.15) is 21.8 Å². The Morgan fingerprint density at radius 3 is 1.20 bits per heavy atom. The van der Waals surface area contributed by atoms with Crippen molar-refractivity contribution in [1.29, 1.82) is 0 Å². The van der Waals surface area contributed by atoms with Gasteiger partial charge in [-0.05, 0) is 164 Å². The molecule has 1 atom stereocenters. The van der Waals surface area contributed by atoms with Gasteiger partial charge in [0.25, 0.3) is 0 Å². The molecule has 109 heavy (non-hydrogen) atoms. The first-order valence-electron chi connectivity index (χ1n) is 31.6. The minimum atomic E-state index is -4.77. The molecule has 1 unspecified atom stereocenters. The normalized spacial score (nSPS) is 11.3. The molecule has 11 aromatic carbocycles. The van der Waals surface area contributed by atoms with Crippen LogP contribution in [-0.4, -0.2) is 84.9 Å². The van der Waals surface area contributed by atoms with Crippen molar-refractivity contribution in [2.75, 3.05) is 22.9 Å². The largest absolute Gasteiger partial charge is 1.00 e. The summed E-state index contributed by atoms with van der Waals surface area (Å²) in [5.41, 5.74) is 47.3. The molecule has 28 heteroatoms. The Morgan fingerprint density at radius 1 is 0.422 bits per heavy atom. The predicted molar refractivity (Wildman–Crippen MR) is 411 cm³/mol. The molecule has 528 valence electrons. The van der Waals surface area contributed by atoms with Gasteiger partial charge in [-0.2, -0.15) is 29.3 Å². The number of fused-ring (bicyclic) bond motifs is 4. The summed E-state index contributed by atoms with van der Waals surface area (Å²) in [5, 5.41) is 26.3. The second kappa shape index (κ2) is 39.5. The number of rotatable bonds is 11. The molecule has 13 N–H and O–H groups in total. The average Bonchev–Trinajstić information content (AvgIpc) is 1.62. The Labute approximate surface area is 697 Å². The van der Waals surface area contributed by atoms with E-state index in [4.69, 9.17) is 103 Å². The molecule has 0 spiro atoms. The van der Waals surface area contributed by atoms with E-state index < -0.39 is 36.8 Å². The zero-order valence-electron chi connectivity index (χ0n) is 58.7. The fraction of sp³-hybridized carbons (Fsp3) is 0.0370. The van der Waals surface area contributed by atoms with Crippen molar-refractivity contribution < 1.29 is 142 Å². The maximum absolute atomic E-state index is 10.5. The number of imidazole rings is 2. The fourth-order valence-electron chi connectivity index (χ4n) is 11.3. The zero-order chi connectivity index (χ0) is 75.8. The number of nitrogens with two attached hydrogens (primary N) is 4. The Morgan fingerprint density at radius 2 is 0.771 bits per heavy atom. The van der Waals surface area contributed by atoms with Gasteiger partial charge in [0.15, 0.2) is 5.44 Å². The van der Waals surface area contributed by atoms with E-state index in [2.05, 4.69) is 131 Å². The number of nitrogen functional groups attached to an aromatic ring is 4. The third-order valence-corrected chi connectivity index (χ3v) is 17.3. The predicted octanol–water partition coefficient (Wildman–Crippen LogP) is 3.77. The maximum Gasteiger partial charge on any atom is 1.00 e. The van der Waals surface area contributed by atoms with Crippen molar-refractivity contribution >= 4 is 99.0 Å². The van der Waals surface area contributed by atoms with Crippen LogP contribution in [0.2, 0.25) is 0 Å². The van der Waals surface area contributed by atoms with Crippen LogP contribution in [0.3, 0.4) is 0 Å². The Balaban J connectivity index is 0.000000262. The third-order valence-electron chi connectivity index (χ3n) is 16.5. The second-order valence-corrected chi connectivity index (χ2v) is 25.7. The topological polar surface area (TPSA) is 406 Å². The van der Waals surface area contributed by atoms with E-state index in [9.17, 15) is 13.0 Å². The number of terminal acetylenes is 3. The second-order valence-electron chi connectivity index (χ2n) is 23.5. The summed E-state index contributed by atoms with van der Waals surface area (Å²) < 4.78 is 82.0. The van der Waals surface area contributed by atoms with Crippen LogP contribution in [0.25, 0.3) is 78.2 Å². The van der Waals surface area contributed by atoms with Crippen molar-refractivity contribution in [2.45, 2.75) is 18.3 Å². The minimum Gasteiger partial charge on any atom is -0.746 e. The van der Waals surface area contributed by atoms with E-state index in [0.29, 0.717) is 28.3 Å². The number of hydrogen-bond acceptors (Lipinski definition) is 20. The van der Waals surface area contributed by atoms with Gasteiger partial charge in [0, 0.05) is 35.1 Å². The first-order chi connectivity index (χ1) is 50.9. The van der Waals surface area contributed by atoms with Crippen LogP contribution < -0.4 is 112 Å². The van der Waals surface area contributed by atoms with Gasteiger partial charge in [-0.15, -0.1) is 62.7 Å². The molecule has 13 aromatic rings. The summed E-state index contributed by atoms with van der Waals surface area (Å²) in [6.45, 7) is 1.77. The van der Waals surface area contributed by atoms with Crippen LogP contribution in [0.1, 0.15) is 61.1 Å². The van der Waals surface area contributed by atoms with Crippen molar-refractivity contribution in [3.8, 4) is 93.2 Å². The van der Waals surface area contributed by atoms with E-state index in [-0.39, 0.29) is 94.2 Å². The van der Waals surface area contributed by atoms with Gasteiger partial charge < -0.3 is 52.8 Å². The van der Waals surface area contributed by atoms with E-state index in [1.54, 1.807) is 30.3 Å². The number of aliphatic hydroxyl groups excluding tert-OH is 3. The van der Waals surface area contributed by atoms with Crippen LogP contribution in [0.4, 0.5) is 34.1 Å². The molecule has 22 nitrogen and oxygen atoms in total. The monoisotopic (exact) mass is 1530 g/mol. The van der Waals surface area contributed by atoms with Crippen molar-refractivity contribution in [1.82, 2.24) is 19.9 Å². The number of aliphatic imine (C=N–C) groups is 2. The van der Waals surface area contributed by atoms with E-state index in [1.165, 1.54) is 35.4 Å². The smallest absolute Gasteiger partial charge is 0.746 e. The van der Waals surface area contributed by atoms with Crippen LogP contribution >= 0.6 is 0 Å². The molecular formula is C81H61N10Na3O12S3. The summed E-state index contributed by atoms with van der Waals surface area (Å²) in [5.74, 6) is 9.54. The SMILES string of the molecule is C#Cc1cccc(C2=Nc3ccc(-c4ccc5[nH]c(-c6cccc(C7=Nc8ccc(-c9ccc%10[nH]c(-c%11cccc(C#C)c%11)nc%10c9)cc8C7)c6)nc5c4)cc3C2)c1.C#Cc1cccc([CH-]O)c1.Nc1ccc(-c2ccc(N)c(N)c2)cc1N.O=S(=O)([O-])C(O)c1cccc([CH-]O)c1.O=S(=O)=O.O=S(=O)=O.[Na+].[Na+].[Na+]. The van der Waals surface area contributed by atoms with Gasteiger partial charge >= 0.3 is 110 Å². The first-order valence-corrected chi connectivity index (χ1v) is 35.1. The molecule has 0 fully saturated rings. The zero-order valence-corrected chi connectivity index (χ0v) is 67.1. The van der Waals surface area contributed by atoms with E-state index in [1.807, 2.05) is 72.8 Å². The third kappa shape index (κ3) is 22.7. The molecule has 2 aromatic heterocycles. The molecule has 0 aliphatic carbocycles. The minimum absolute atomic E-state index is 0. The van der Waals surface area contributed by atoms with Crippen molar-refractivity contribution in [2.24, 2.45) is 9.98 Å². The van der Waals surface area contributed by atoms with Gasteiger partial charge in [0.2, 0.25) is 0 Å². The molecule has 15 rings (SSSR count). The van der Waals surface area contributed by atoms with Gasteiger partial charge in [-0.25, -0.2) is 18.4 Å². The summed E-state index contributed by atoms with van der Waals surface area (Å²) >= 11 is 0. The molecule has 0 radical (unpaired) electrons. The summed E-state index contributed by atoms with van der Waals surface area (Å²) in [7, 11) is -11.0. The van der Waals surface area contributed by atoms with Crippen molar-refractivity contribution in [3.05, 3.63) is 299 Å². The van der Waals surface area contributed by atoms with Crippen LogP contribution in [-0.2, 0) is 44.2 Å². The Hall–Kier alpha value is -10.7. The Kier molecular flexibility index (Phi) is 31.0. The number of benzene rings is 11. The molecule has 0 saturated heterocycles. The van der Waals surface area contributed by atoms with Crippen LogP contribution in [0.5, 0.6) is 0 Å². The fourth-order valence-corrected chi connectivity index (χ4v) is 11.8. The first kappa shape index (κ1) is 85.6. The molecule has 0 amide bonds. The van der Waals surface area contributed by atoms with Gasteiger partial charge in [-0.1, -0.05) is 128 Å². The van der Waals surface area contributed by atoms with Crippen molar-refractivity contribution in [3.63, 3.8) is 0 Å². The summed E-state index contributed by atoms with van der Waals surface area (Å²) in [6, 6.07) is 73.7. The number of H-pyrrole nitrogens is 2. The number of aromatic amines is 2. The van der Waals surface area contributed by atoms with Gasteiger partial charge in [-0.3, -0.25) is 9.98 Å². The van der Waals surface area contributed by atoms with Crippen LogP contribution in [0.15, 0.2) is 241 Å². The molecule has 0 saturated carbocycles.